The summed E-state index contributed by atoms with van der Waals surface area (Å²) in [4.78, 5) is 30.6. The molecule has 2 aromatic carbocycles. The van der Waals surface area contributed by atoms with E-state index in [-0.39, 0.29) is 18.4 Å². The molecular weight excluding hydrogens is 388 g/mol. The maximum Gasteiger partial charge on any atom is 0.243 e. The van der Waals surface area contributed by atoms with Gasteiger partial charge in [0.15, 0.2) is 0 Å². The van der Waals surface area contributed by atoms with Gasteiger partial charge in [-0.1, -0.05) is 35.4 Å². The Balaban J connectivity index is 1.43. The maximum atomic E-state index is 12.5. The summed E-state index contributed by atoms with van der Waals surface area (Å²) >= 11 is 6.08. The molecule has 1 N–H and O–H groups in total. The topological polar surface area (TPSA) is 55.9 Å². The van der Waals surface area contributed by atoms with Gasteiger partial charge in [0.1, 0.15) is 0 Å². The molecule has 29 heavy (non-hydrogen) atoms. The highest BCUT2D eigenvalue weighted by atomic mass is 35.5. The van der Waals surface area contributed by atoms with Crippen molar-refractivity contribution in [2.45, 2.75) is 6.92 Å². The largest absolute Gasteiger partial charge is 0.369 e. The van der Waals surface area contributed by atoms with Gasteiger partial charge < -0.3 is 15.1 Å². The number of halogens is 1. The second kappa shape index (κ2) is 9.76. The van der Waals surface area contributed by atoms with Gasteiger partial charge in [-0.3, -0.25) is 14.5 Å². The average molecular weight is 415 g/mol. The van der Waals surface area contributed by atoms with Crippen molar-refractivity contribution < 1.29 is 9.59 Å². The number of nitrogens with zero attached hydrogens (tertiary/aromatic N) is 3. The molecule has 0 unspecified atom stereocenters. The van der Waals surface area contributed by atoms with E-state index in [9.17, 15) is 9.59 Å². The van der Waals surface area contributed by atoms with E-state index in [0.717, 1.165) is 48.1 Å². The van der Waals surface area contributed by atoms with Crippen LogP contribution in [0.15, 0.2) is 48.5 Å². The summed E-state index contributed by atoms with van der Waals surface area (Å²) in [5.74, 6) is -0.254. The SMILES string of the molecule is Cc1ccc(NC(=O)CN(C)C(=O)CN2CCN(c3cccc(Cl)c3)CC2)cc1. The first-order chi connectivity index (χ1) is 13.9. The van der Waals surface area contributed by atoms with Crippen LogP contribution < -0.4 is 10.2 Å². The highest BCUT2D eigenvalue weighted by molar-refractivity contribution is 6.30. The number of carbonyl (C=O) groups excluding carboxylic acids is 2. The number of likely N-dealkylation sites (N-methyl/N-ethyl adjacent to an activating group) is 1. The van der Waals surface area contributed by atoms with Crippen LogP contribution in [0.25, 0.3) is 0 Å². The molecule has 3 rings (SSSR count). The lowest BCUT2D eigenvalue weighted by molar-refractivity contribution is -0.134. The second-order valence-electron chi connectivity index (χ2n) is 7.41. The van der Waals surface area contributed by atoms with Crippen molar-refractivity contribution in [2.24, 2.45) is 0 Å². The summed E-state index contributed by atoms with van der Waals surface area (Å²) in [7, 11) is 1.67. The van der Waals surface area contributed by atoms with Crippen LogP contribution in [0.4, 0.5) is 11.4 Å². The third-order valence-electron chi connectivity index (χ3n) is 5.05. The van der Waals surface area contributed by atoms with Crippen LogP contribution in [0, 0.1) is 6.92 Å². The minimum Gasteiger partial charge on any atom is -0.369 e. The van der Waals surface area contributed by atoms with Gasteiger partial charge in [-0.25, -0.2) is 0 Å². The number of benzene rings is 2. The first-order valence-corrected chi connectivity index (χ1v) is 10.1. The first kappa shape index (κ1) is 21.1. The van der Waals surface area contributed by atoms with Crippen molar-refractivity contribution in [2.75, 3.05) is 56.5 Å². The van der Waals surface area contributed by atoms with Crippen molar-refractivity contribution in [3.05, 3.63) is 59.1 Å². The zero-order chi connectivity index (χ0) is 20.8. The van der Waals surface area contributed by atoms with Gasteiger partial charge in [0, 0.05) is 49.6 Å². The second-order valence-corrected chi connectivity index (χ2v) is 7.84. The molecule has 6 nitrogen and oxygen atoms in total. The summed E-state index contributed by atoms with van der Waals surface area (Å²) in [5, 5.41) is 3.55. The molecule has 2 amide bonds. The Kier molecular flexibility index (Phi) is 7.12. The molecule has 0 aromatic heterocycles. The third-order valence-corrected chi connectivity index (χ3v) is 5.28. The van der Waals surface area contributed by atoms with Gasteiger partial charge in [0.2, 0.25) is 11.8 Å². The molecule has 1 saturated heterocycles. The number of anilines is 2. The lowest BCUT2D eigenvalue weighted by Gasteiger charge is -2.36. The van der Waals surface area contributed by atoms with Crippen LogP contribution in [0.1, 0.15) is 5.56 Å². The molecule has 0 saturated carbocycles. The maximum absolute atomic E-state index is 12.5. The fourth-order valence-corrected chi connectivity index (χ4v) is 3.47. The molecule has 2 aromatic rings. The lowest BCUT2D eigenvalue weighted by Crippen LogP contribution is -2.50. The number of carbonyl (C=O) groups is 2. The molecule has 7 heteroatoms. The molecule has 0 radical (unpaired) electrons. The van der Waals surface area contributed by atoms with Gasteiger partial charge in [-0.05, 0) is 37.3 Å². The lowest BCUT2D eigenvalue weighted by atomic mass is 10.2. The summed E-state index contributed by atoms with van der Waals surface area (Å²) in [6, 6.07) is 15.4. The van der Waals surface area contributed by atoms with Crippen molar-refractivity contribution in [1.29, 1.82) is 0 Å². The number of hydrogen-bond donors (Lipinski definition) is 1. The molecular formula is C22H27ClN4O2. The molecule has 154 valence electrons. The zero-order valence-corrected chi connectivity index (χ0v) is 17.7. The molecule has 1 fully saturated rings. The molecule has 0 spiro atoms. The summed E-state index contributed by atoms with van der Waals surface area (Å²) in [5.41, 5.74) is 2.97. The number of aryl methyl sites for hydroxylation is 1. The van der Waals surface area contributed by atoms with E-state index >= 15 is 0 Å². The molecule has 0 aliphatic carbocycles. The zero-order valence-electron chi connectivity index (χ0n) is 16.9. The van der Waals surface area contributed by atoms with E-state index in [2.05, 4.69) is 15.1 Å². The molecule has 1 aliphatic heterocycles. The van der Waals surface area contributed by atoms with Crippen LogP contribution >= 0.6 is 11.6 Å². The smallest absolute Gasteiger partial charge is 0.243 e. The fourth-order valence-electron chi connectivity index (χ4n) is 3.29. The summed E-state index contributed by atoms with van der Waals surface area (Å²) < 4.78 is 0. The predicted molar refractivity (Wildman–Crippen MR) is 118 cm³/mol. The Morgan fingerprint density at radius 3 is 2.41 bits per heavy atom. The van der Waals surface area contributed by atoms with E-state index in [1.165, 1.54) is 4.90 Å². The van der Waals surface area contributed by atoms with Gasteiger partial charge in [-0.15, -0.1) is 0 Å². The third kappa shape index (κ3) is 6.21. The van der Waals surface area contributed by atoms with Crippen LogP contribution in [0.3, 0.4) is 0 Å². The Bertz CT molecular complexity index is 848. The van der Waals surface area contributed by atoms with Crippen LogP contribution in [-0.4, -0.2) is 67.9 Å². The van der Waals surface area contributed by atoms with Crippen LogP contribution in [-0.2, 0) is 9.59 Å². The summed E-state index contributed by atoms with van der Waals surface area (Å²) in [6.07, 6.45) is 0. The van der Waals surface area contributed by atoms with Gasteiger partial charge in [0.25, 0.3) is 0 Å². The standard InChI is InChI=1S/C22H27ClN4O2/c1-17-6-8-19(9-7-17)24-21(28)15-25(2)22(29)16-26-10-12-27(13-11-26)20-5-3-4-18(23)14-20/h3-9,14H,10-13,15-16H2,1-2H3,(H,24,28). The van der Waals surface area contributed by atoms with Gasteiger partial charge >= 0.3 is 0 Å². The van der Waals surface area contributed by atoms with E-state index in [0.29, 0.717) is 6.54 Å². The minimum absolute atomic E-state index is 0.0369. The van der Waals surface area contributed by atoms with E-state index in [4.69, 9.17) is 11.6 Å². The number of nitrogens with one attached hydrogen (secondary N) is 1. The fraction of sp³-hybridized carbons (Fsp3) is 0.364. The quantitative estimate of drug-likeness (QED) is 0.789. The molecule has 0 atom stereocenters. The monoisotopic (exact) mass is 414 g/mol. The summed E-state index contributed by atoms with van der Waals surface area (Å²) in [6.45, 7) is 5.61. The van der Waals surface area contributed by atoms with Crippen LogP contribution in [0.2, 0.25) is 5.02 Å². The highest BCUT2D eigenvalue weighted by Crippen LogP contribution is 2.20. The van der Waals surface area contributed by atoms with Crippen molar-refractivity contribution in [1.82, 2.24) is 9.80 Å². The molecule has 1 aliphatic rings. The van der Waals surface area contributed by atoms with E-state index in [1.54, 1.807) is 7.05 Å². The van der Waals surface area contributed by atoms with Gasteiger partial charge in [0.05, 0.1) is 13.1 Å². The minimum atomic E-state index is -0.199. The number of rotatable bonds is 6. The number of hydrogen-bond acceptors (Lipinski definition) is 4. The Morgan fingerprint density at radius 1 is 1.07 bits per heavy atom. The number of piperazine rings is 1. The van der Waals surface area contributed by atoms with Gasteiger partial charge in [-0.2, -0.15) is 0 Å². The number of amides is 2. The van der Waals surface area contributed by atoms with Crippen molar-refractivity contribution in [3.8, 4) is 0 Å². The van der Waals surface area contributed by atoms with Crippen molar-refractivity contribution in [3.63, 3.8) is 0 Å². The van der Waals surface area contributed by atoms with E-state index in [1.807, 2.05) is 55.5 Å². The Hall–Kier alpha value is -2.57. The average Bonchev–Trinajstić information content (AvgIpc) is 2.70. The Labute approximate surface area is 177 Å². The predicted octanol–water partition coefficient (Wildman–Crippen LogP) is 2.87. The van der Waals surface area contributed by atoms with Crippen molar-refractivity contribution >= 4 is 34.8 Å². The Morgan fingerprint density at radius 2 is 1.76 bits per heavy atom. The first-order valence-electron chi connectivity index (χ1n) is 9.74. The highest BCUT2D eigenvalue weighted by Gasteiger charge is 2.21. The molecule has 1 heterocycles. The normalized spacial score (nSPS) is 14.5. The molecule has 0 bridgehead atoms. The van der Waals surface area contributed by atoms with E-state index < -0.39 is 0 Å². The van der Waals surface area contributed by atoms with Crippen LogP contribution in [0.5, 0.6) is 0 Å².